The standard InChI is InChI=1S/C12H13ClF2N2O/c1-12(16,6-2-3-6)11(18)17-10-8(13)4-7(14)5-9(10)15/h4-6H,2-3,16H2,1H3,(H,17,18). The molecule has 0 bridgehead atoms. The van der Waals surface area contributed by atoms with Gasteiger partial charge in [0.05, 0.1) is 16.2 Å². The number of carbonyl (C=O) groups is 1. The minimum atomic E-state index is -1.07. The molecule has 6 heteroatoms. The summed E-state index contributed by atoms with van der Waals surface area (Å²) in [6, 6.07) is 1.59. The third kappa shape index (κ3) is 2.47. The Morgan fingerprint density at radius 2 is 2.11 bits per heavy atom. The molecule has 1 aromatic carbocycles. The first-order valence-corrected chi connectivity index (χ1v) is 5.95. The number of nitrogens with two attached hydrogens (primary N) is 1. The van der Waals surface area contributed by atoms with E-state index in [0.717, 1.165) is 18.9 Å². The van der Waals surface area contributed by atoms with E-state index in [2.05, 4.69) is 5.32 Å². The highest BCUT2D eigenvalue weighted by molar-refractivity contribution is 6.33. The van der Waals surface area contributed by atoms with E-state index in [1.807, 2.05) is 0 Å². The first-order chi connectivity index (χ1) is 8.32. The van der Waals surface area contributed by atoms with Gasteiger partial charge in [-0.25, -0.2) is 8.78 Å². The smallest absolute Gasteiger partial charge is 0.244 e. The summed E-state index contributed by atoms with van der Waals surface area (Å²) in [5.41, 5.74) is 4.59. The lowest BCUT2D eigenvalue weighted by Gasteiger charge is -2.23. The first kappa shape index (κ1) is 13.2. The van der Waals surface area contributed by atoms with Gasteiger partial charge in [0.2, 0.25) is 5.91 Å². The number of amides is 1. The lowest BCUT2D eigenvalue weighted by atomic mass is 9.96. The van der Waals surface area contributed by atoms with Crippen molar-refractivity contribution in [2.75, 3.05) is 5.32 Å². The van der Waals surface area contributed by atoms with Gasteiger partial charge in [0.25, 0.3) is 0 Å². The largest absolute Gasteiger partial charge is 0.321 e. The maximum absolute atomic E-state index is 13.5. The van der Waals surface area contributed by atoms with Crippen LogP contribution in [0.3, 0.4) is 0 Å². The molecule has 1 atom stereocenters. The van der Waals surface area contributed by atoms with Crippen molar-refractivity contribution in [3.05, 3.63) is 28.8 Å². The number of hydrogen-bond acceptors (Lipinski definition) is 2. The summed E-state index contributed by atoms with van der Waals surface area (Å²) in [6.45, 7) is 1.59. The van der Waals surface area contributed by atoms with E-state index in [-0.39, 0.29) is 16.6 Å². The lowest BCUT2D eigenvalue weighted by Crippen LogP contribution is -2.50. The van der Waals surface area contributed by atoms with Crippen molar-refractivity contribution in [3.8, 4) is 0 Å². The fraction of sp³-hybridized carbons (Fsp3) is 0.417. The van der Waals surface area contributed by atoms with Crippen LogP contribution in [-0.2, 0) is 4.79 Å². The highest BCUT2D eigenvalue weighted by atomic mass is 35.5. The van der Waals surface area contributed by atoms with Crippen LogP contribution in [0.15, 0.2) is 12.1 Å². The van der Waals surface area contributed by atoms with Crippen LogP contribution in [0.4, 0.5) is 14.5 Å². The number of benzene rings is 1. The highest BCUT2D eigenvalue weighted by Gasteiger charge is 2.44. The number of anilines is 1. The third-order valence-corrected chi connectivity index (χ3v) is 3.46. The molecule has 18 heavy (non-hydrogen) atoms. The molecule has 1 fully saturated rings. The molecule has 98 valence electrons. The minimum Gasteiger partial charge on any atom is -0.321 e. The van der Waals surface area contributed by atoms with Crippen LogP contribution in [0.25, 0.3) is 0 Å². The monoisotopic (exact) mass is 274 g/mol. The Bertz CT molecular complexity index is 478. The van der Waals surface area contributed by atoms with Gasteiger partial charge in [-0.1, -0.05) is 11.6 Å². The average Bonchev–Trinajstić information content (AvgIpc) is 3.06. The average molecular weight is 275 g/mol. The van der Waals surface area contributed by atoms with E-state index >= 15 is 0 Å². The summed E-state index contributed by atoms with van der Waals surface area (Å²) in [6.07, 6.45) is 1.75. The zero-order valence-corrected chi connectivity index (χ0v) is 10.5. The van der Waals surface area contributed by atoms with Gasteiger partial charge in [-0.3, -0.25) is 4.79 Å². The second kappa shape index (κ2) is 4.48. The Morgan fingerprint density at radius 1 is 1.50 bits per heavy atom. The van der Waals surface area contributed by atoms with E-state index in [1.54, 1.807) is 6.92 Å². The Labute approximate surface area is 108 Å². The van der Waals surface area contributed by atoms with Crippen molar-refractivity contribution in [2.24, 2.45) is 11.7 Å². The highest BCUT2D eigenvalue weighted by Crippen LogP contribution is 2.39. The number of carbonyl (C=O) groups excluding carboxylic acids is 1. The Kier molecular flexibility index (Phi) is 3.29. The maximum Gasteiger partial charge on any atom is 0.244 e. The van der Waals surface area contributed by atoms with Crippen LogP contribution >= 0.6 is 11.6 Å². The Morgan fingerprint density at radius 3 is 2.61 bits per heavy atom. The van der Waals surface area contributed by atoms with E-state index < -0.39 is 23.1 Å². The number of nitrogens with one attached hydrogen (secondary N) is 1. The first-order valence-electron chi connectivity index (χ1n) is 5.57. The molecule has 1 saturated carbocycles. The molecular weight excluding hydrogens is 262 g/mol. The predicted molar refractivity (Wildman–Crippen MR) is 65.3 cm³/mol. The second-order valence-corrected chi connectivity index (χ2v) is 5.16. The van der Waals surface area contributed by atoms with Crippen LogP contribution in [0.1, 0.15) is 19.8 Å². The summed E-state index contributed by atoms with van der Waals surface area (Å²) < 4.78 is 26.4. The molecule has 1 aromatic rings. The second-order valence-electron chi connectivity index (χ2n) is 4.76. The number of halogens is 3. The molecule has 1 aliphatic rings. The Hall–Kier alpha value is -1.20. The SMILES string of the molecule is CC(N)(C(=O)Nc1c(F)cc(F)cc1Cl)C1CC1. The summed E-state index contributed by atoms with van der Waals surface area (Å²) in [5.74, 6) is -2.13. The van der Waals surface area contributed by atoms with Gasteiger partial charge in [0.15, 0.2) is 5.82 Å². The molecule has 0 heterocycles. The molecule has 0 aromatic heterocycles. The molecule has 3 N–H and O–H groups in total. The van der Waals surface area contributed by atoms with E-state index in [0.29, 0.717) is 6.07 Å². The molecule has 0 spiro atoms. The van der Waals surface area contributed by atoms with Crippen molar-refractivity contribution < 1.29 is 13.6 Å². The van der Waals surface area contributed by atoms with Gasteiger partial charge in [0, 0.05) is 6.07 Å². The van der Waals surface area contributed by atoms with E-state index in [1.165, 1.54) is 0 Å². The summed E-state index contributed by atoms with van der Waals surface area (Å²) in [4.78, 5) is 11.9. The normalized spacial score (nSPS) is 18.3. The molecule has 3 nitrogen and oxygen atoms in total. The molecule has 1 amide bonds. The molecule has 1 unspecified atom stereocenters. The number of rotatable bonds is 3. The third-order valence-electron chi connectivity index (χ3n) is 3.16. The summed E-state index contributed by atoms with van der Waals surface area (Å²) in [5, 5.41) is 2.14. The minimum absolute atomic E-state index is 0.0970. The molecule has 0 radical (unpaired) electrons. The van der Waals surface area contributed by atoms with Crippen molar-refractivity contribution in [3.63, 3.8) is 0 Å². The van der Waals surface area contributed by atoms with Crippen molar-refractivity contribution in [2.45, 2.75) is 25.3 Å². The molecule has 1 aliphatic carbocycles. The van der Waals surface area contributed by atoms with Gasteiger partial charge < -0.3 is 11.1 Å². The topological polar surface area (TPSA) is 55.1 Å². The van der Waals surface area contributed by atoms with Crippen LogP contribution in [0.2, 0.25) is 5.02 Å². The van der Waals surface area contributed by atoms with Crippen LogP contribution in [0, 0.1) is 17.6 Å². The van der Waals surface area contributed by atoms with Crippen LogP contribution in [-0.4, -0.2) is 11.4 Å². The molecule has 2 rings (SSSR count). The maximum atomic E-state index is 13.5. The lowest BCUT2D eigenvalue weighted by molar-refractivity contribution is -0.121. The zero-order valence-electron chi connectivity index (χ0n) is 9.77. The van der Waals surface area contributed by atoms with Gasteiger partial charge >= 0.3 is 0 Å². The predicted octanol–water partition coefficient (Wildman–Crippen LogP) is 2.68. The Balaban J connectivity index is 2.21. The quantitative estimate of drug-likeness (QED) is 0.890. The molecular formula is C12H13ClF2N2O. The summed E-state index contributed by atoms with van der Waals surface area (Å²) >= 11 is 5.69. The molecule has 0 aliphatic heterocycles. The van der Waals surface area contributed by atoms with Crippen molar-refractivity contribution >= 4 is 23.2 Å². The summed E-state index contributed by atoms with van der Waals surface area (Å²) in [7, 11) is 0. The molecule has 0 saturated heterocycles. The van der Waals surface area contributed by atoms with Gasteiger partial charge in [-0.2, -0.15) is 0 Å². The van der Waals surface area contributed by atoms with Gasteiger partial charge in [-0.05, 0) is 31.7 Å². The van der Waals surface area contributed by atoms with E-state index in [9.17, 15) is 13.6 Å². The van der Waals surface area contributed by atoms with Crippen molar-refractivity contribution in [1.82, 2.24) is 0 Å². The fourth-order valence-electron chi connectivity index (χ4n) is 1.78. The van der Waals surface area contributed by atoms with Gasteiger partial charge in [-0.15, -0.1) is 0 Å². The fourth-order valence-corrected chi connectivity index (χ4v) is 2.02. The number of hydrogen-bond donors (Lipinski definition) is 2. The zero-order chi connectivity index (χ0) is 13.5. The van der Waals surface area contributed by atoms with E-state index in [4.69, 9.17) is 17.3 Å². The van der Waals surface area contributed by atoms with Crippen LogP contribution < -0.4 is 11.1 Å². The van der Waals surface area contributed by atoms with Crippen LogP contribution in [0.5, 0.6) is 0 Å². The van der Waals surface area contributed by atoms with Crippen molar-refractivity contribution in [1.29, 1.82) is 0 Å². The van der Waals surface area contributed by atoms with Gasteiger partial charge in [0.1, 0.15) is 5.82 Å².